The summed E-state index contributed by atoms with van der Waals surface area (Å²) in [5.41, 5.74) is 1.36. The fourth-order valence-electron chi connectivity index (χ4n) is 2.56. The zero-order valence-corrected chi connectivity index (χ0v) is 16.4. The SMILES string of the molecule is O=C(/C=C/c1ccco1)Nc1cccc(OCc2nnc(-c3ccc(Cl)cc3)o2)c1. The van der Waals surface area contributed by atoms with Crippen LogP contribution in [-0.2, 0) is 11.4 Å². The summed E-state index contributed by atoms with van der Waals surface area (Å²) in [7, 11) is 0. The van der Waals surface area contributed by atoms with Crippen molar-refractivity contribution in [1.29, 1.82) is 0 Å². The maximum absolute atomic E-state index is 12.0. The van der Waals surface area contributed by atoms with Gasteiger partial charge in [-0.1, -0.05) is 17.7 Å². The van der Waals surface area contributed by atoms with Gasteiger partial charge in [-0.15, -0.1) is 10.2 Å². The van der Waals surface area contributed by atoms with Gasteiger partial charge in [-0.3, -0.25) is 4.79 Å². The highest BCUT2D eigenvalue weighted by Crippen LogP contribution is 2.22. The van der Waals surface area contributed by atoms with Crippen molar-refractivity contribution < 1.29 is 18.4 Å². The van der Waals surface area contributed by atoms with Gasteiger partial charge in [-0.05, 0) is 54.6 Å². The third-order valence-corrected chi connectivity index (χ3v) is 4.22. The number of benzene rings is 2. The Bertz CT molecular complexity index is 1150. The third-order valence-electron chi connectivity index (χ3n) is 3.96. The van der Waals surface area contributed by atoms with Crippen LogP contribution in [0, 0.1) is 0 Å². The lowest BCUT2D eigenvalue weighted by Crippen LogP contribution is -2.07. The Balaban J connectivity index is 1.34. The number of carbonyl (C=O) groups is 1. The van der Waals surface area contributed by atoms with Gasteiger partial charge in [0.15, 0.2) is 6.61 Å². The molecule has 8 heteroatoms. The molecule has 2 aromatic heterocycles. The molecule has 7 nitrogen and oxygen atoms in total. The second kappa shape index (κ2) is 9.11. The normalized spacial score (nSPS) is 11.0. The van der Waals surface area contributed by atoms with Crippen molar-refractivity contribution in [3.8, 4) is 17.2 Å². The maximum atomic E-state index is 12.0. The number of carbonyl (C=O) groups excluding carboxylic acids is 1. The molecule has 4 rings (SSSR count). The number of furan rings is 1. The Kier molecular flexibility index (Phi) is 5.91. The van der Waals surface area contributed by atoms with Crippen LogP contribution in [0.5, 0.6) is 5.75 Å². The predicted molar refractivity (Wildman–Crippen MR) is 112 cm³/mol. The molecule has 2 heterocycles. The highest BCUT2D eigenvalue weighted by atomic mass is 35.5. The van der Waals surface area contributed by atoms with Gasteiger partial charge >= 0.3 is 0 Å². The lowest BCUT2D eigenvalue weighted by Gasteiger charge is -2.06. The van der Waals surface area contributed by atoms with Crippen molar-refractivity contribution in [2.24, 2.45) is 0 Å². The van der Waals surface area contributed by atoms with Crippen LogP contribution in [-0.4, -0.2) is 16.1 Å². The van der Waals surface area contributed by atoms with Crippen molar-refractivity contribution in [1.82, 2.24) is 10.2 Å². The Morgan fingerprint density at radius 1 is 1.10 bits per heavy atom. The molecule has 0 aliphatic carbocycles. The summed E-state index contributed by atoms with van der Waals surface area (Å²) in [6.45, 7) is 0.0936. The number of hydrogen-bond acceptors (Lipinski definition) is 6. The fraction of sp³-hybridized carbons (Fsp3) is 0.0455. The second-order valence-electron chi connectivity index (χ2n) is 6.16. The van der Waals surface area contributed by atoms with Gasteiger partial charge in [0.05, 0.1) is 6.26 Å². The van der Waals surface area contributed by atoms with E-state index in [2.05, 4.69) is 15.5 Å². The van der Waals surface area contributed by atoms with Crippen LogP contribution in [0.2, 0.25) is 5.02 Å². The molecule has 0 spiro atoms. The van der Waals surface area contributed by atoms with E-state index in [0.29, 0.717) is 34.0 Å². The fourth-order valence-corrected chi connectivity index (χ4v) is 2.68. The predicted octanol–water partition coefficient (Wildman–Crippen LogP) is 5.21. The summed E-state index contributed by atoms with van der Waals surface area (Å²) in [6.07, 6.45) is 4.52. The van der Waals surface area contributed by atoms with Gasteiger partial charge in [0.1, 0.15) is 11.5 Å². The van der Waals surface area contributed by atoms with Crippen LogP contribution in [0.25, 0.3) is 17.5 Å². The molecular weight excluding hydrogens is 406 g/mol. The van der Waals surface area contributed by atoms with E-state index in [4.69, 9.17) is 25.2 Å². The van der Waals surface area contributed by atoms with E-state index in [0.717, 1.165) is 5.56 Å². The van der Waals surface area contributed by atoms with Crippen molar-refractivity contribution in [2.45, 2.75) is 6.61 Å². The van der Waals surface area contributed by atoms with E-state index >= 15 is 0 Å². The molecule has 0 saturated heterocycles. The molecule has 0 bridgehead atoms. The highest BCUT2D eigenvalue weighted by Gasteiger charge is 2.09. The molecule has 4 aromatic rings. The first-order valence-corrected chi connectivity index (χ1v) is 9.37. The smallest absolute Gasteiger partial charge is 0.254 e. The minimum Gasteiger partial charge on any atom is -0.484 e. The lowest BCUT2D eigenvalue weighted by atomic mass is 10.2. The van der Waals surface area contributed by atoms with Crippen LogP contribution in [0.15, 0.2) is 81.8 Å². The molecule has 0 fully saturated rings. The summed E-state index contributed by atoms with van der Waals surface area (Å²) < 4.78 is 16.5. The zero-order chi connectivity index (χ0) is 20.8. The molecule has 30 heavy (non-hydrogen) atoms. The molecule has 0 aliphatic heterocycles. The minimum atomic E-state index is -0.284. The van der Waals surface area contributed by atoms with E-state index < -0.39 is 0 Å². The van der Waals surface area contributed by atoms with Crippen molar-refractivity contribution in [2.75, 3.05) is 5.32 Å². The van der Waals surface area contributed by atoms with E-state index in [1.165, 1.54) is 6.08 Å². The number of hydrogen-bond donors (Lipinski definition) is 1. The molecule has 0 aliphatic rings. The van der Waals surface area contributed by atoms with Gasteiger partial charge in [0.2, 0.25) is 11.8 Å². The molecule has 150 valence electrons. The second-order valence-corrected chi connectivity index (χ2v) is 6.60. The largest absolute Gasteiger partial charge is 0.484 e. The van der Waals surface area contributed by atoms with Crippen LogP contribution in [0.4, 0.5) is 5.69 Å². The lowest BCUT2D eigenvalue weighted by molar-refractivity contribution is -0.111. The number of anilines is 1. The standard InChI is InChI=1S/C22H16ClN3O4/c23-16-8-6-15(7-9-16)22-26-25-21(30-22)14-29-19-4-1-3-17(13-19)24-20(27)11-10-18-5-2-12-28-18/h1-13H,14H2,(H,24,27)/b11-10+. The summed E-state index contributed by atoms with van der Waals surface area (Å²) in [5, 5.41) is 11.4. The first-order chi connectivity index (χ1) is 14.7. The zero-order valence-electron chi connectivity index (χ0n) is 15.6. The topological polar surface area (TPSA) is 90.4 Å². The van der Waals surface area contributed by atoms with Gasteiger partial charge in [0.25, 0.3) is 5.89 Å². The van der Waals surface area contributed by atoms with E-state index in [1.807, 2.05) is 0 Å². The van der Waals surface area contributed by atoms with Gasteiger partial charge < -0.3 is 18.9 Å². The number of halogens is 1. The van der Waals surface area contributed by atoms with Gasteiger partial charge in [-0.2, -0.15) is 0 Å². The number of ether oxygens (including phenoxy) is 1. The van der Waals surface area contributed by atoms with Crippen LogP contribution >= 0.6 is 11.6 Å². The summed E-state index contributed by atoms with van der Waals surface area (Å²) in [4.78, 5) is 12.0. The number of amides is 1. The number of nitrogens with zero attached hydrogens (tertiary/aromatic N) is 2. The Labute approximate surface area is 176 Å². The molecule has 2 aromatic carbocycles. The van der Waals surface area contributed by atoms with Crippen LogP contribution in [0.3, 0.4) is 0 Å². The number of aromatic nitrogens is 2. The molecule has 0 atom stereocenters. The highest BCUT2D eigenvalue weighted by molar-refractivity contribution is 6.30. The first kappa shape index (κ1) is 19.5. The molecule has 1 amide bonds. The Morgan fingerprint density at radius 3 is 2.77 bits per heavy atom. The van der Waals surface area contributed by atoms with E-state index in [-0.39, 0.29) is 12.5 Å². The molecule has 0 unspecified atom stereocenters. The number of nitrogens with one attached hydrogen (secondary N) is 1. The Hall–Kier alpha value is -3.84. The molecule has 1 N–H and O–H groups in total. The quantitative estimate of drug-likeness (QED) is 0.412. The first-order valence-electron chi connectivity index (χ1n) is 8.99. The molecule has 0 radical (unpaired) electrons. The van der Waals surface area contributed by atoms with Crippen LogP contribution in [0.1, 0.15) is 11.7 Å². The Morgan fingerprint density at radius 2 is 1.97 bits per heavy atom. The van der Waals surface area contributed by atoms with Crippen molar-refractivity contribution in [3.05, 3.63) is 89.7 Å². The minimum absolute atomic E-state index is 0.0936. The average Bonchev–Trinajstić information content (AvgIpc) is 3.44. The molecular formula is C22H16ClN3O4. The van der Waals surface area contributed by atoms with Gasteiger partial charge in [-0.25, -0.2) is 0 Å². The van der Waals surface area contributed by atoms with Crippen LogP contribution < -0.4 is 10.1 Å². The molecule has 0 saturated carbocycles. The summed E-state index contributed by atoms with van der Waals surface area (Å²) in [5.74, 6) is 1.58. The van der Waals surface area contributed by atoms with E-state index in [1.54, 1.807) is 73.0 Å². The summed E-state index contributed by atoms with van der Waals surface area (Å²) in [6, 6.07) is 17.6. The third kappa shape index (κ3) is 5.15. The van der Waals surface area contributed by atoms with Crippen molar-refractivity contribution in [3.63, 3.8) is 0 Å². The monoisotopic (exact) mass is 421 g/mol. The number of rotatable bonds is 7. The van der Waals surface area contributed by atoms with Crippen molar-refractivity contribution >= 4 is 29.3 Å². The average molecular weight is 422 g/mol. The summed E-state index contributed by atoms with van der Waals surface area (Å²) >= 11 is 5.89. The van der Waals surface area contributed by atoms with E-state index in [9.17, 15) is 4.79 Å². The van der Waals surface area contributed by atoms with Gasteiger partial charge in [0, 0.05) is 28.4 Å². The maximum Gasteiger partial charge on any atom is 0.254 e.